The Balaban J connectivity index is 0.00000306. The maximum atomic E-state index is 13.5. The van der Waals surface area contributed by atoms with Crippen molar-refractivity contribution in [2.75, 3.05) is 26.2 Å². The summed E-state index contributed by atoms with van der Waals surface area (Å²) in [6.45, 7) is 4.84. The molecular weight excluding hydrogens is 493 g/mol. The smallest absolute Gasteiger partial charge is 0.305 e. The van der Waals surface area contributed by atoms with Crippen LogP contribution in [-0.2, 0) is 14.3 Å². The Kier molecular flexibility index (Phi) is 14.0. The first-order valence-electron chi connectivity index (χ1n) is 12.5. The fourth-order valence-electron chi connectivity index (χ4n) is 5.35. The average molecular weight is 537 g/mol. The maximum Gasteiger partial charge on any atom is 0.305 e. The lowest BCUT2D eigenvalue weighted by atomic mass is 9.94. The SMILES string of the molecule is CC1=CCCC(N[C@@H](CC(=O)O)C(=O)N2CCCC[C@H]2CCOC2CCN(C(=N)N)CC2)C1.Cl.Cl. The second kappa shape index (κ2) is 15.5. The van der Waals surface area contributed by atoms with Crippen molar-refractivity contribution in [1.82, 2.24) is 15.1 Å². The molecule has 0 aromatic heterocycles. The summed E-state index contributed by atoms with van der Waals surface area (Å²) in [6, 6.07) is -0.443. The number of carbonyl (C=O) groups excluding carboxylic acids is 1. The zero-order chi connectivity index (χ0) is 23.8. The number of guanidine groups is 1. The number of halogens is 2. The Morgan fingerprint density at radius 1 is 1.20 bits per heavy atom. The van der Waals surface area contributed by atoms with Crippen molar-refractivity contribution in [2.24, 2.45) is 5.73 Å². The molecule has 0 saturated carbocycles. The number of allylic oxidation sites excluding steroid dienone is 1. The second-order valence-corrected chi connectivity index (χ2v) is 9.76. The molecule has 202 valence electrons. The van der Waals surface area contributed by atoms with Crippen LogP contribution in [0.4, 0.5) is 0 Å². The van der Waals surface area contributed by atoms with Gasteiger partial charge < -0.3 is 30.7 Å². The number of hydrogen-bond donors (Lipinski definition) is 4. The van der Waals surface area contributed by atoms with E-state index in [1.807, 2.05) is 9.80 Å². The Morgan fingerprint density at radius 3 is 2.54 bits per heavy atom. The molecule has 3 rings (SSSR count). The first-order valence-corrected chi connectivity index (χ1v) is 12.5. The van der Waals surface area contributed by atoms with Crippen LogP contribution in [0.2, 0.25) is 0 Å². The normalized spacial score (nSPS) is 24.0. The predicted octanol–water partition coefficient (Wildman–Crippen LogP) is 2.91. The molecule has 0 spiro atoms. The summed E-state index contributed by atoms with van der Waals surface area (Å²) < 4.78 is 6.11. The summed E-state index contributed by atoms with van der Waals surface area (Å²) in [7, 11) is 0. The van der Waals surface area contributed by atoms with E-state index in [9.17, 15) is 14.7 Å². The van der Waals surface area contributed by atoms with Gasteiger partial charge in [-0.3, -0.25) is 15.0 Å². The van der Waals surface area contributed by atoms with Crippen LogP contribution >= 0.6 is 24.8 Å². The summed E-state index contributed by atoms with van der Waals surface area (Å²) in [5.74, 6) is -0.907. The number of nitrogens with one attached hydrogen (secondary N) is 2. The van der Waals surface area contributed by atoms with E-state index in [4.69, 9.17) is 15.9 Å². The highest BCUT2D eigenvalue weighted by Gasteiger charge is 2.34. The number of piperidine rings is 2. The molecule has 2 heterocycles. The Labute approximate surface area is 221 Å². The lowest BCUT2D eigenvalue weighted by Gasteiger charge is -2.39. The van der Waals surface area contributed by atoms with Gasteiger partial charge in [0.2, 0.25) is 5.91 Å². The summed E-state index contributed by atoms with van der Waals surface area (Å²) in [5.41, 5.74) is 6.85. The number of carboxylic acid groups (broad SMARTS) is 1. The van der Waals surface area contributed by atoms with E-state index < -0.39 is 12.0 Å². The van der Waals surface area contributed by atoms with Crippen molar-refractivity contribution >= 4 is 42.7 Å². The van der Waals surface area contributed by atoms with Gasteiger partial charge in [0.15, 0.2) is 5.96 Å². The van der Waals surface area contributed by atoms with Gasteiger partial charge in [0.05, 0.1) is 18.6 Å². The molecule has 2 saturated heterocycles. The summed E-state index contributed by atoms with van der Waals surface area (Å²) in [6.07, 6.45) is 10.4. The van der Waals surface area contributed by atoms with Gasteiger partial charge in [-0.2, -0.15) is 0 Å². The molecule has 0 aromatic carbocycles. The Hall–Kier alpha value is -1.55. The van der Waals surface area contributed by atoms with Crippen molar-refractivity contribution in [3.8, 4) is 0 Å². The zero-order valence-electron chi connectivity index (χ0n) is 20.7. The third kappa shape index (κ3) is 9.79. The van der Waals surface area contributed by atoms with Gasteiger partial charge in [-0.1, -0.05) is 11.6 Å². The van der Waals surface area contributed by atoms with Crippen LogP contribution in [0, 0.1) is 5.41 Å². The minimum Gasteiger partial charge on any atom is -0.481 e. The fraction of sp³-hybridized carbons (Fsp3) is 0.792. The van der Waals surface area contributed by atoms with Crippen LogP contribution < -0.4 is 11.1 Å². The van der Waals surface area contributed by atoms with Crippen LogP contribution in [0.15, 0.2) is 11.6 Å². The third-order valence-electron chi connectivity index (χ3n) is 7.19. The molecule has 2 fully saturated rings. The van der Waals surface area contributed by atoms with Crippen molar-refractivity contribution in [3.05, 3.63) is 11.6 Å². The van der Waals surface area contributed by atoms with Crippen molar-refractivity contribution in [3.63, 3.8) is 0 Å². The van der Waals surface area contributed by atoms with Gasteiger partial charge in [-0.15, -0.1) is 24.8 Å². The molecule has 3 aliphatic rings. The van der Waals surface area contributed by atoms with Crippen LogP contribution in [-0.4, -0.2) is 83.2 Å². The summed E-state index contributed by atoms with van der Waals surface area (Å²) >= 11 is 0. The number of hydrogen-bond acceptors (Lipinski definition) is 5. The van der Waals surface area contributed by atoms with Crippen LogP contribution in [0.3, 0.4) is 0 Å². The summed E-state index contributed by atoms with van der Waals surface area (Å²) in [4.78, 5) is 28.8. The number of ether oxygens (including phenoxy) is 1. The largest absolute Gasteiger partial charge is 0.481 e. The Morgan fingerprint density at radius 2 is 1.91 bits per heavy atom. The van der Waals surface area contributed by atoms with E-state index in [2.05, 4.69) is 18.3 Å². The number of amides is 1. The van der Waals surface area contributed by atoms with Gasteiger partial charge >= 0.3 is 5.97 Å². The highest BCUT2D eigenvalue weighted by molar-refractivity contribution is 5.86. The minimum atomic E-state index is -0.947. The van der Waals surface area contributed by atoms with E-state index in [1.54, 1.807) is 0 Å². The number of rotatable bonds is 9. The number of aliphatic carboxylic acids is 1. The van der Waals surface area contributed by atoms with Crippen LogP contribution in [0.1, 0.15) is 71.1 Å². The van der Waals surface area contributed by atoms with Gasteiger partial charge in [-0.05, 0) is 64.7 Å². The second-order valence-electron chi connectivity index (χ2n) is 9.76. The highest BCUT2D eigenvalue weighted by atomic mass is 35.5. The Bertz CT molecular complexity index is 731. The average Bonchev–Trinajstić information content (AvgIpc) is 2.78. The minimum absolute atomic E-state index is 0. The van der Waals surface area contributed by atoms with Gasteiger partial charge in [0.1, 0.15) is 0 Å². The van der Waals surface area contributed by atoms with Crippen molar-refractivity contribution < 1.29 is 19.4 Å². The molecule has 9 nitrogen and oxygen atoms in total. The van der Waals surface area contributed by atoms with Gasteiger partial charge in [0.25, 0.3) is 0 Å². The van der Waals surface area contributed by atoms with Gasteiger partial charge in [0, 0.05) is 38.3 Å². The first kappa shape index (κ1) is 31.5. The molecule has 0 aromatic rings. The van der Waals surface area contributed by atoms with Crippen molar-refractivity contribution in [1.29, 1.82) is 5.41 Å². The molecule has 35 heavy (non-hydrogen) atoms. The molecule has 3 atom stereocenters. The first-order chi connectivity index (χ1) is 15.8. The monoisotopic (exact) mass is 535 g/mol. The summed E-state index contributed by atoms with van der Waals surface area (Å²) in [5, 5.41) is 20.4. The quantitative estimate of drug-likeness (QED) is 0.202. The molecule has 0 bridgehead atoms. The third-order valence-corrected chi connectivity index (χ3v) is 7.19. The lowest BCUT2D eigenvalue weighted by Crippen LogP contribution is -2.55. The number of carboxylic acids is 1. The van der Waals surface area contributed by atoms with Gasteiger partial charge in [-0.25, -0.2) is 0 Å². The lowest BCUT2D eigenvalue weighted by molar-refractivity contribution is -0.145. The topological polar surface area (TPSA) is 132 Å². The number of likely N-dealkylation sites (tertiary alicyclic amines) is 2. The molecule has 1 amide bonds. The van der Waals surface area contributed by atoms with E-state index in [-0.39, 0.29) is 61.3 Å². The molecule has 11 heteroatoms. The molecule has 1 unspecified atom stereocenters. The van der Waals surface area contributed by atoms with Crippen LogP contribution in [0.25, 0.3) is 0 Å². The van der Waals surface area contributed by atoms with E-state index in [1.165, 1.54) is 5.57 Å². The maximum absolute atomic E-state index is 13.5. The molecule has 2 aliphatic heterocycles. The predicted molar refractivity (Wildman–Crippen MR) is 141 cm³/mol. The molecule has 1 aliphatic carbocycles. The number of nitrogens with zero attached hydrogens (tertiary/aromatic N) is 2. The van der Waals surface area contributed by atoms with Crippen LogP contribution in [0.5, 0.6) is 0 Å². The van der Waals surface area contributed by atoms with Crippen molar-refractivity contribution in [2.45, 2.75) is 95.4 Å². The molecular formula is C24H43Cl2N5O4. The standard InChI is InChI=1S/C24H41N5O4.2ClH/c1-17-5-4-6-18(15-17)27-21(16-22(30)31)23(32)29-11-3-2-7-19(29)10-14-33-20-8-12-28(13-9-20)24(25)26;;/h5,18-21,27H,2-4,6-16H2,1H3,(H3,25,26)(H,30,31);2*1H/t18?,19-,21-;;/m0../s1. The van der Waals surface area contributed by atoms with E-state index in [0.717, 1.165) is 70.9 Å². The zero-order valence-corrected chi connectivity index (χ0v) is 22.4. The molecule has 5 N–H and O–H groups in total. The fourth-order valence-corrected chi connectivity index (χ4v) is 5.35. The molecule has 0 radical (unpaired) electrons. The van der Waals surface area contributed by atoms with E-state index >= 15 is 0 Å². The number of carbonyl (C=O) groups is 2. The highest BCUT2D eigenvalue weighted by Crippen LogP contribution is 2.24. The number of nitrogens with two attached hydrogens (primary N) is 1. The van der Waals surface area contributed by atoms with E-state index in [0.29, 0.717) is 13.2 Å².